The van der Waals surface area contributed by atoms with Gasteiger partial charge in [0.05, 0.1) is 6.54 Å². The Morgan fingerprint density at radius 3 is 2.54 bits per heavy atom. The summed E-state index contributed by atoms with van der Waals surface area (Å²) >= 11 is 0. The Labute approximate surface area is 207 Å². The lowest BCUT2D eigenvalue weighted by Crippen LogP contribution is -2.76. The summed E-state index contributed by atoms with van der Waals surface area (Å²) < 4.78 is 14.1. The van der Waals surface area contributed by atoms with Crippen molar-refractivity contribution in [2.45, 2.75) is 77.0 Å². The molecule has 2 atom stereocenters. The Hall–Kier alpha value is -2.68. The van der Waals surface area contributed by atoms with Gasteiger partial charge in [0.25, 0.3) is 0 Å². The number of carbonyl (C=O) groups is 3. The quantitative estimate of drug-likeness (QED) is 0.570. The van der Waals surface area contributed by atoms with Crippen molar-refractivity contribution >= 4 is 17.8 Å². The molecule has 0 aromatic heterocycles. The van der Waals surface area contributed by atoms with E-state index in [1.807, 2.05) is 35.2 Å². The van der Waals surface area contributed by atoms with Crippen molar-refractivity contribution in [2.24, 2.45) is 5.92 Å². The molecular formula is C26H38FN5O3. The second kappa shape index (κ2) is 11.8. The number of rotatable bonds is 8. The highest BCUT2D eigenvalue weighted by molar-refractivity contribution is 5.91. The van der Waals surface area contributed by atoms with Crippen LogP contribution in [0.4, 0.5) is 9.18 Å². The van der Waals surface area contributed by atoms with E-state index < -0.39 is 25.0 Å². The number of nitrogens with zero attached hydrogens (tertiary/aromatic N) is 4. The van der Waals surface area contributed by atoms with Crippen LogP contribution in [0.2, 0.25) is 0 Å². The van der Waals surface area contributed by atoms with Gasteiger partial charge in [-0.1, -0.05) is 69.4 Å². The predicted molar refractivity (Wildman–Crippen MR) is 130 cm³/mol. The van der Waals surface area contributed by atoms with Crippen molar-refractivity contribution in [2.75, 3.05) is 26.4 Å². The normalized spacial score (nSPS) is 24.0. The number of hydrazine groups is 1. The number of urea groups is 1. The van der Waals surface area contributed by atoms with E-state index in [4.69, 9.17) is 0 Å². The highest BCUT2D eigenvalue weighted by Gasteiger charge is 2.51. The molecule has 2 saturated heterocycles. The molecule has 8 nitrogen and oxygen atoms in total. The second-order valence-electron chi connectivity index (χ2n) is 9.96. The van der Waals surface area contributed by atoms with Crippen LogP contribution in [0.25, 0.3) is 0 Å². The van der Waals surface area contributed by atoms with Crippen LogP contribution in [0.3, 0.4) is 0 Å². The molecular weight excluding hydrogens is 449 g/mol. The predicted octanol–water partition coefficient (Wildman–Crippen LogP) is 3.49. The third-order valence-electron chi connectivity index (χ3n) is 7.50. The minimum Gasteiger partial charge on any atom is -0.337 e. The zero-order valence-corrected chi connectivity index (χ0v) is 20.7. The first-order valence-electron chi connectivity index (χ1n) is 13.0. The first-order valence-corrected chi connectivity index (χ1v) is 13.0. The molecule has 1 aromatic rings. The molecule has 35 heavy (non-hydrogen) atoms. The van der Waals surface area contributed by atoms with Gasteiger partial charge >= 0.3 is 6.03 Å². The van der Waals surface area contributed by atoms with Crippen molar-refractivity contribution in [3.8, 4) is 0 Å². The topological polar surface area (TPSA) is 76.2 Å². The Morgan fingerprint density at radius 2 is 1.86 bits per heavy atom. The number of hydrogen-bond donors (Lipinski definition) is 1. The average Bonchev–Trinajstić information content (AvgIpc) is 2.88. The summed E-state index contributed by atoms with van der Waals surface area (Å²) in [4.78, 5) is 43.5. The lowest BCUT2D eigenvalue weighted by molar-refractivity contribution is -0.196. The summed E-state index contributed by atoms with van der Waals surface area (Å²) in [5.74, 6) is 0.0986. The number of halogens is 1. The zero-order valence-electron chi connectivity index (χ0n) is 20.7. The Kier molecular flexibility index (Phi) is 8.59. The van der Waals surface area contributed by atoms with Gasteiger partial charge in [0.2, 0.25) is 11.8 Å². The number of piperazine rings is 1. The van der Waals surface area contributed by atoms with E-state index >= 15 is 0 Å². The van der Waals surface area contributed by atoms with Gasteiger partial charge in [0.1, 0.15) is 18.8 Å². The van der Waals surface area contributed by atoms with Crippen LogP contribution in [-0.4, -0.2) is 76.3 Å². The number of alkyl halides is 1. The summed E-state index contributed by atoms with van der Waals surface area (Å²) in [7, 11) is 0. The Morgan fingerprint density at radius 1 is 1.11 bits per heavy atom. The zero-order chi connectivity index (χ0) is 24.8. The molecule has 2 aliphatic heterocycles. The molecule has 0 spiro atoms. The minimum atomic E-state index is -0.953. The van der Waals surface area contributed by atoms with Crippen molar-refractivity contribution in [1.82, 2.24) is 25.1 Å². The number of carbonyl (C=O) groups excluding carboxylic acids is 3. The van der Waals surface area contributed by atoms with Gasteiger partial charge < -0.3 is 15.1 Å². The molecule has 2 heterocycles. The summed E-state index contributed by atoms with van der Waals surface area (Å²) in [6.07, 6.45) is 7.29. The Bertz CT molecular complexity index is 879. The summed E-state index contributed by atoms with van der Waals surface area (Å²) in [5.41, 5.74) is 0.927. The molecule has 9 heteroatoms. The van der Waals surface area contributed by atoms with E-state index in [2.05, 4.69) is 12.2 Å². The van der Waals surface area contributed by atoms with Gasteiger partial charge in [-0.25, -0.2) is 14.2 Å². The minimum absolute atomic E-state index is 0.0352. The molecule has 0 bridgehead atoms. The van der Waals surface area contributed by atoms with E-state index in [-0.39, 0.29) is 24.9 Å². The number of benzene rings is 1. The standard InChI is InChI=1S/C26H38FN5O3/c1-2-3-14-22-25(34)29(16-21-12-8-5-9-13-21)17-23-31(22)24(33)18-30(19-27)32(23)26(35)28-15-20-10-6-4-7-11-20/h4,6-7,10-11,21-23H,2-3,5,8-9,12-19H2,1H3,(H,28,35)/t22-,23-/m0/s1. The van der Waals surface area contributed by atoms with Gasteiger partial charge in [-0.05, 0) is 30.7 Å². The molecule has 4 rings (SSSR count). The van der Waals surface area contributed by atoms with E-state index in [1.165, 1.54) is 24.3 Å². The van der Waals surface area contributed by atoms with Gasteiger partial charge in [-0.2, -0.15) is 5.01 Å². The Balaban J connectivity index is 1.58. The average molecular weight is 488 g/mol. The van der Waals surface area contributed by atoms with E-state index in [0.717, 1.165) is 36.3 Å². The molecule has 4 amide bonds. The molecule has 3 aliphatic rings. The molecule has 1 aliphatic carbocycles. The number of fused-ring (bicyclic) bond motifs is 1. The molecule has 1 N–H and O–H groups in total. The van der Waals surface area contributed by atoms with Crippen LogP contribution in [-0.2, 0) is 16.1 Å². The molecule has 192 valence electrons. The highest BCUT2D eigenvalue weighted by atomic mass is 19.1. The third-order valence-corrected chi connectivity index (χ3v) is 7.50. The summed E-state index contributed by atoms with van der Waals surface area (Å²) in [5, 5.41) is 5.38. The van der Waals surface area contributed by atoms with Gasteiger partial charge in [0.15, 0.2) is 6.80 Å². The monoisotopic (exact) mass is 487 g/mol. The van der Waals surface area contributed by atoms with Crippen LogP contribution in [0.1, 0.15) is 63.9 Å². The van der Waals surface area contributed by atoms with Crippen LogP contribution >= 0.6 is 0 Å². The molecule has 3 fully saturated rings. The molecule has 1 saturated carbocycles. The maximum Gasteiger partial charge on any atom is 0.334 e. The maximum absolute atomic E-state index is 14.1. The molecule has 0 radical (unpaired) electrons. The van der Waals surface area contributed by atoms with Crippen molar-refractivity contribution in [3.05, 3.63) is 35.9 Å². The second-order valence-corrected chi connectivity index (χ2v) is 9.96. The van der Waals surface area contributed by atoms with Gasteiger partial charge in [-0.15, -0.1) is 0 Å². The maximum atomic E-state index is 14.1. The molecule has 0 unspecified atom stereocenters. The first kappa shape index (κ1) is 25.4. The fourth-order valence-corrected chi connectivity index (χ4v) is 5.67. The SMILES string of the molecule is CCCC[C@H]1C(=O)N(CC2CCCCC2)C[C@H]2N1C(=O)CN(CF)N2C(=O)NCc1ccccc1. The van der Waals surface area contributed by atoms with Crippen molar-refractivity contribution in [1.29, 1.82) is 0 Å². The van der Waals surface area contributed by atoms with Crippen LogP contribution in [0.15, 0.2) is 30.3 Å². The highest BCUT2D eigenvalue weighted by Crippen LogP contribution is 2.31. The summed E-state index contributed by atoms with van der Waals surface area (Å²) in [6.45, 7) is 1.97. The van der Waals surface area contributed by atoms with Gasteiger partial charge in [-0.3, -0.25) is 9.59 Å². The first-order chi connectivity index (χ1) is 17.0. The smallest absolute Gasteiger partial charge is 0.334 e. The van der Waals surface area contributed by atoms with Crippen molar-refractivity contribution < 1.29 is 18.8 Å². The van der Waals surface area contributed by atoms with Crippen LogP contribution in [0.5, 0.6) is 0 Å². The number of unbranched alkanes of at least 4 members (excludes halogenated alkanes) is 1. The van der Waals surface area contributed by atoms with Crippen molar-refractivity contribution in [3.63, 3.8) is 0 Å². The summed E-state index contributed by atoms with van der Waals surface area (Å²) in [6, 6.07) is 8.43. The number of hydrogen-bond acceptors (Lipinski definition) is 4. The fraction of sp³-hybridized carbons (Fsp3) is 0.654. The fourth-order valence-electron chi connectivity index (χ4n) is 5.67. The van der Waals surface area contributed by atoms with E-state index in [9.17, 15) is 18.8 Å². The largest absolute Gasteiger partial charge is 0.337 e. The molecule has 1 aromatic carbocycles. The van der Waals surface area contributed by atoms with E-state index in [1.54, 1.807) is 4.90 Å². The van der Waals surface area contributed by atoms with Crippen LogP contribution in [0, 0.1) is 5.92 Å². The van der Waals surface area contributed by atoms with Gasteiger partial charge in [0, 0.05) is 13.1 Å². The third kappa shape index (κ3) is 5.77. The number of nitrogens with one attached hydrogen (secondary N) is 1. The number of amides is 4. The van der Waals surface area contributed by atoms with Crippen LogP contribution < -0.4 is 5.32 Å². The van der Waals surface area contributed by atoms with E-state index in [0.29, 0.717) is 25.4 Å². The lowest BCUT2D eigenvalue weighted by atomic mass is 9.88. The lowest BCUT2D eigenvalue weighted by Gasteiger charge is -2.55.